The van der Waals surface area contributed by atoms with Crippen molar-refractivity contribution in [1.82, 2.24) is 19.9 Å². The van der Waals surface area contributed by atoms with Gasteiger partial charge in [-0.2, -0.15) is 0 Å². The number of aryl methyl sites for hydroxylation is 2. The molecular formula is C46H48F4N8O2. The molecule has 2 unspecified atom stereocenters. The van der Waals surface area contributed by atoms with Crippen LogP contribution in [0.15, 0.2) is 73.1 Å². The summed E-state index contributed by atoms with van der Waals surface area (Å²) in [4.78, 5) is 27.9. The van der Waals surface area contributed by atoms with E-state index in [0.717, 1.165) is 133 Å². The number of aromatic nitrogens is 4. The molecule has 0 N–H and O–H groups in total. The van der Waals surface area contributed by atoms with Gasteiger partial charge in [0, 0.05) is 73.9 Å². The van der Waals surface area contributed by atoms with E-state index in [1.54, 1.807) is 0 Å². The van der Waals surface area contributed by atoms with Crippen molar-refractivity contribution in [3.63, 3.8) is 0 Å². The number of morpholine rings is 2. The Morgan fingerprint density at radius 3 is 1.27 bits per heavy atom. The quantitative estimate of drug-likeness (QED) is 0.152. The Bertz CT molecular complexity index is 2300. The topological polar surface area (TPSA) is 83.0 Å². The van der Waals surface area contributed by atoms with E-state index in [-0.39, 0.29) is 12.1 Å². The average Bonchev–Trinajstić information content (AvgIpc) is 3.94. The molecule has 0 aliphatic carbocycles. The molecule has 6 aromatic rings. The standard InChI is InChI=1S/2C23H24F2N4O/c2*1-15-9-19(21-3-2-4-29(21)18-12-16(24)11-17(25)13-18)23-20(10-15)26-14-22(27-23)28-5-7-30-8-6-28/h2*9-14,21H,2-8H2,1H3. The molecule has 60 heavy (non-hydrogen) atoms. The van der Waals surface area contributed by atoms with Crippen LogP contribution in [0.2, 0.25) is 0 Å². The largest absolute Gasteiger partial charge is 0.378 e. The van der Waals surface area contributed by atoms with Crippen molar-refractivity contribution in [2.75, 3.05) is 85.3 Å². The molecule has 6 heterocycles. The van der Waals surface area contributed by atoms with Gasteiger partial charge in [-0.1, -0.05) is 12.1 Å². The zero-order chi connectivity index (χ0) is 41.3. The summed E-state index contributed by atoms with van der Waals surface area (Å²) in [5, 5.41) is 0. The van der Waals surface area contributed by atoms with Crippen LogP contribution in [0, 0.1) is 37.1 Å². The minimum atomic E-state index is -0.556. The van der Waals surface area contributed by atoms with E-state index in [2.05, 4.69) is 31.7 Å². The predicted molar refractivity (Wildman–Crippen MR) is 226 cm³/mol. The highest BCUT2D eigenvalue weighted by atomic mass is 19.1. The van der Waals surface area contributed by atoms with Gasteiger partial charge in [0.2, 0.25) is 0 Å². The molecule has 0 radical (unpaired) electrons. The minimum absolute atomic E-state index is 0.00263. The first-order valence-electron chi connectivity index (χ1n) is 20.8. The summed E-state index contributed by atoms with van der Waals surface area (Å²) in [6.07, 6.45) is 7.36. The van der Waals surface area contributed by atoms with Gasteiger partial charge in [0.15, 0.2) is 0 Å². The Balaban J connectivity index is 0.000000154. The summed E-state index contributed by atoms with van der Waals surface area (Å²) in [6.45, 7) is 11.5. The number of fused-ring (bicyclic) bond motifs is 2. The van der Waals surface area contributed by atoms with Crippen LogP contribution in [0.3, 0.4) is 0 Å². The monoisotopic (exact) mass is 820 g/mol. The van der Waals surface area contributed by atoms with Gasteiger partial charge in [0.05, 0.1) is 73.0 Å². The van der Waals surface area contributed by atoms with Gasteiger partial charge >= 0.3 is 0 Å². The maximum atomic E-state index is 13.9. The Hall–Kier alpha value is -5.60. The lowest BCUT2D eigenvalue weighted by molar-refractivity contribution is 0.122. The Kier molecular flexibility index (Phi) is 11.4. The van der Waals surface area contributed by atoms with Gasteiger partial charge in [-0.3, -0.25) is 9.97 Å². The Morgan fingerprint density at radius 1 is 0.500 bits per heavy atom. The number of benzene rings is 4. The molecule has 0 saturated carbocycles. The van der Waals surface area contributed by atoms with E-state index in [9.17, 15) is 17.6 Å². The van der Waals surface area contributed by atoms with E-state index in [1.165, 1.54) is 24.3 Å². The smallest absolute Gasteiger partial charge is 0.148 e. The third-order valence-corrected chi connectivity index (χ3v) is 11.9. The number of hydrogen-bond donors (Lipinski definition) is 0. The summed E-state index contributed by atoms with van der Waals surface area (Å²) >= 11 is 0. The zero-order valence-corrected chi connectivity index (χ0v) is 33.9. The second-order valence-electron chi connectivity index (χ2n) is 16.1. The fraction of sp³-hybridized carbons (Fsp3) is 0.391. The van der Waals surface area contributed by atoms with E-state index in [1.807, 2.05) is 38.4 Å². The van der Waals surface area contributed by atoms with Crippen molar-refractivity contribution in [1.29, 1.82) is 0 Å². The lowest BCUT2D eigenvalue weighted by atomic mass is 9.99. The van der Waals surface area contributed by atoms with Crippen LogP contribution in [0.5, 0.6) is 0 Å². The van der Waals surface area contributed by atoms with Gasteiger partial charge in [0.25, 0.3) is 0 Å². The lowest BCUT2D eigenvalue weighted by Gasteiger charge is -2.29. The van der Waals surface area contributed by atoms with Crippen LogP contribution < -0.4 is 19.6 Å². The van der Waals surface area contributed by atoms with E-state index in [0.29, 0.717) is 37.8 Å². The lowest BCUT2D eigenvalue weighted by Crippen LogP contribution is -2.36. The highest BCUT2D eigenvalue weighted by Crippen LogP contribution is 2.41. The third kappa shape index (κ3) is 8.40. The fourth-order valence-corrected chi connectivity index (χ4v) is 9.16. The number of nitrogens with zero attached hydrogens (tertiary/aromatic N) is 8. The van der Waals surface area contributed by atoms with Crippen molar-refractivity contribution in [3.8, 4) is 0 Å². The van der Waals surface area contributed by atoms with Gasteiger partial charge in [0.1, 0.15) is 34.9 Å². The highest BCUT2D eigenvalue weighted by molar-refractivity contribution is 5.82. The molecule has 4 aliphatic rings. The first-order valence-corrected chi connectivity index (χ1v) is 20.8. The van der Waals surface area contributed by atoms with Gasteiger partial charge in [-0.15, -0.1) is 0 Å². The summed E-state index contributed by atoms with van der Waals surface area (Å²) in [5.74, 6) is -0.536. The molecular weight excluding hydrogens is 773 g/mol. The molecule has 4 aromatic carbocycles. The Morgan fingerprint density at radius 2 is 0.883 bits per heavy atom. The van der Waals surface area contributed by atoms with Gasteiger partial charge in [-0.25, -0.2) is 27.5 Å². The predicted octanol–water partition coefficient (Wildman–Crippen LogP) is 8.79. The van der Waals surface area contributed by atoms with E-state index < -0.39 is 23.3 Å². The zero-order valence-electron chi connectivity index (χ0n) is 33.9. The van der Waals surface area contributed by atoms with Crippen molar-refractivity contribution in [2.45, 2.75) is 51.6 Å². The van der Waals surface area contributed by atoms with Crippen LogP contribution >= 0.6 is 0 Å². The first kappa shape index (κ1) is 39.8. The summed E-state index contributed by atoms with van der Waals surface area (Å²) in [5.41, 5.74) is 8.88. The molecule has 2 atom stereocenters. The number of ether oxygens (including phenoxy) is 2. The van der Waals surface area contributed by atoms with Crippen molar-refractivity contribution < 1.29 is 27.0 Å². The molecule has 2 aromatic heterocycles. The maximum absolute atomic E-state index is 13.9. The molecule has 0 spiro atoms. The molecule has 312 valence electrons. The molecule has 0 bridgehead atoms. The average molecular weight is 821 g/mol. The Labute approximate surface area is 346 Å². The number of hydrogen-bond acceptors (Lipinski definition) is 10. The first-order chi connectivity index (χ1) is 29.2. The number of anilines is 4. The molecule has 4 saturated heterocycles. The second kappa shape index (κ2) is 17.2. The number of halogens is 4. The molecule has 10 nitrogen and oxygen atoms in total. The van der Waals surface area contributed by atoms with Crippen LogP contribution in [-0.2, 0) is 9.47 Å². The van der Waals surface area contributed by atoms with Crippen molar-refractivity contribution in [2.24, 2.45) is 0 Å². The molecule has 4 fully saturated rings. The van der Waals surface area contributed by atoms with Gasteiger partial charge < -0.3 is 29.1 Å². The normalized spacial score (nSPS) is 19.6. The molecule has 10 rings (SSSR count). The second-order valence-corrected chi connectivity index (χ2v) is 16.1. The van der Waals surface area contributed by atoms with Crippen molar-refractivity contribution in [3.05, 3.63) is 119 Å². The van der Waals surface area contributed by atoms with E-state index in [4.69, 9.17) is 29.4 Å². The van der Waals surface area contributed by atoms with Crippen LogP contribution in [-0.4, -0.2) is 85.6 Å². The summed E-state index contributed by atoms with van der Waals surface area (Å²) in [6, 6.07) is 15.8. The SMILES string of the molecule is Cc1cc(C2CCCN2c2cc(F)cc(F)c2)c2nc(N3CCOCC3)cnc2c1.Cc1cc(C2CCCN2c2cc(F)cc(F)c2)c2nc(N3CCOCC3)cnc2c1. The van der Waals surface area contributed by atoms with Crippen LogP contribution in [0.1, 0.15) is 60.0 Å². The summed E-state index contributed by atoms with van der Waals surface area (Å²) < 4.78 is 66.4. The van der Waals surface area contributed by atoms with E-state index >= 15 is 0 Å². The third-order valence-electron chi connectivity index (χ3n) is 11.9. The minimum Gasteiger partial charge on any atom is -0.378 e. The van der Waals surface area contributed by atoms with Crippen LogP contribution in [0.4, 0.5) is 40.6 Å². The molecule has 0 amide bonds. The highest BCUT2D eigenvalue weighted by Gasteiger charge is 2.31. The van der Waals surface area contributed by atoms with Crippen molar-refractivity contribution >= 4 is 45.1 Å². The van der Waals surface area contributed by atoms with Crippen LogP contribution in [0.25, 0.3) is 22.1 Å². The maximum Gasteiger partial charge on any atom is 0.148 e. The number of rotatable bonds is 6. The fourth-order valence-electron chi connectivity index (χ4n) is 9.16. The van der Waals surface area contributed by atoms with Gasteiger partial charge in [-0.05, 0) is 87.1 Å². The molecule has 14 heteroatoms. The molecule has 4 aliphatic heterocycles. The summed E-state index contributed by atoms with van der Waals surface area (Å²) in [7, 11) is 0.